The predicted molar refractivity (Wildman–Crippen MR) is 110 cm³/mol. The van der Waals surface area contributed by atoms with Crippen molar-refractivity contribution in [2.75, 3.05) is 12.0 Å². The molecule has 0 spiro atoms. The van der Waals surface area contributed by atoms with E-state index in [4.69, 9.17) is 4.74 Å². The van der Waals surface area contributed by atoms with Crippen LogP contribution in [0.5, 0.6) is 5.75 Å². The van der Waals surface area contributed by atoms with Crippen molar-refractivity contribution >= 4 is 46.2 Å². The number of urea groups is 1. The first kappa shape index (κ1) is 18.4. The number of hydrogen-bond donors (Lipinski definition) is 1. The number of amides is 4. The molecule has 0 unspecified atom stereocenters. The van der Waals surface area contributed by atoms with Crippen molar-refractivity contribution in [3.63, 3.8) is 0 Å². The van der Waals surface area contributed by atoms with Gasteiger partial charge in [-0.05, 0) is 35.7 Å². The van der Waals surface area contributed by atoms with Gasteiger partial charge in [-0.15, -0.1) is 0 Å². The zero-order valence-electron chi connectivity index (χ0n) is 15.5. The second kappa shape index (κ2) is 7.55. The summed E-state index contributed by atoms with van der Waals surface area (Å²) < 4.78 is 5.09. The van der Waals surface area contributed by atoms with Crippen molar-refractivity contribution in [3.8, 4) is 5.75 Å². The minimum absolute atomic E-state index is 0.337. The number of carbonyl (C=O) groups excluding carboxylic acids is 3. The maximum Gasteiger partial charge on any atom is 0.335 e. The molecule has 3 aromatic carbocycles. The van der Waals surface area contributed by atoms with Crippen LogP contribution in [0, 0.1) is 5.92 Å². The highest BCUT2D eigenvalue weighted by Crippen LogP contribution is 2.27. The normalized spacial score (nSPS) is 17.1. The molecule has 0 aliphatic carbocycles. The van der Waals surface area contributed by atoms with Gasteiger partial charge in [0.2, 0.25) is 5.91 Å². The smallest absolute Gasteiger partial charge is 0.335 e. The largest absolute Gasteiger partial charge is 0.497 e. The van der Waals surface area contributed by atoms with E-state index >= 15 is 0 Å². The number of fused-ring (bicyclic) bond motifs is 1. The van der Waals surface area contributed by atoms with Crippen molar-refractivity contribution in [1.82, 2.24) is 5.32 Å². The molecular formula is C22H17N3O4. The third kappa shape index (κ3) is 3.45. The Labute approximate surface area is 166 Å². The topological polar surface area (TPSA) is 88.1 Å². The highest BCUT2D eigenvalue weighted by Gasteiger charge is 2.40. The Morgan fingerprint density at radius 2 is 1.69 bits per heavy atom. The summed E-state index contributed by atoms with van der Waals surface area (Å²) in [6.07, 6.45) is 1.28. The number of methoxy groups -OCH3 is 1. The third-order valence-corrected chi connectivity index (χ3v) is 4.66. The van der Waals surface area contributed by atoms with Crippen LogP contribution in [0.15, 0.2) is 71.7 Å². The maximum absolute atomic E-state index is 12.9. The minimum atomic E-state index is -1.21. The summed E-state index contributed by atoms with van der Waals surface area (Å²) >= 11 is 0. The Morgan fingerprint density at radius 3 is 2.45 bits per heavy atom. The Kier molecular flexibility index (Phi) is 4.78. The SMILES string of the molecule is COc1ccc(N2C(=O)NC(=O)[C@H](C=Nc3cccc4ccccc34)C2=O)cc1. The number of nitrogens with zero attached hydrogens (tertiary/aromatic N) is 2. The summed E-state index contributed by atoms with van der Waals surface area (Å²) in [5, 5.41) is 4.11. The Hall–Kier alpha value is -4.00. The molecular weight excluding hydrogens is 370 g/mol. The zero-order chi connectivity index (χ0) is 20.4. The van der Waals surface area contributed by atoms with Crippen molar-refractivity contribution in [1.29, 1.82) is 0 Å². The van der Waals surface area contributed by atoms with E-state index in [-0.39, 0.29) is 0 Å². The number of carbonyl (C=O) groups is 3. The van der Waals surface area contributed by atoms with E-state index < -0.39 is 23.8 Å². The van der Waals surface area contributed by atoms with Crippen LogP contribution in [-0.2, 0) is 9.59 Å². The van der Waals surface area contributed by atoms with Gasteiger partial charge >= 0.3 is 6.03 Å². The van der Waals surface area contributed by atoms with Gasteiger partial charge < -0.3 is 4.74 Å². The highest BCUT2D eigenvalue weighted by molar-refractivity contribution is 6.32. The van der Waals surface area contributed by atoms with Gasteiger partial charge in [0.1, 0.15) is 5.75 Å². The van der Waals surface area contributed by atoms with E-state index in [1.807, 2.05) is 36.4 Å². The molecule has 29 heavy (non-hydrogen) atoms. The van der Waals surface area contributed by atoms with Crippen molar-refractivity contribution < 1.29 is 19.1 Å². The standard InChI is InChI=1S/C22H17N3O4/c1-29-16-11-9-15(10-12-16)25-21(27)18(20(26)24-22(25)28)13-23-19-8-4-6-14-5-2-3-7-17(14)19/h2-13,18H,1H3,(H,24,26,28)/t18-/m0/s1. The van der Waals surface area contributed by atoms with E-state index in [9.17, 15) is 14.4 Å². The van der Waals surface area contributed by atoms with Gasteiger partial charge in [0, 0.05) is 11.6 Å². The molecule has 0 bridgehead atoms. The van der Waals surface area contributed by atoms with Crippen LogP contribution in [0.4, 0.5) is 16.2 Å². The van der Waals surface area contributed by atoms with Gasteiger partial charge in [-0.2, -0.15) is 0 Å². The van der Waals surface area contributed by atoms with Gasteiger partial charge in [-0.1, -0.05) is 36.4 Å². The molecule has 0 aromatic heterocycles. The lowest BCUT2D eigenvalue weighted by Crippen LogP contribution is -2.58. The fraction of sp³-hybridized carbons (Fsp3) is 0.0909. The lowest BCUT2D eigenvalue weighted by Gasteiger charge is -2.28. The predicted octanol–water partition coefficient (Wildman–Crippen LogP) is 3.45. The summed E-state index contributed by atoms with van der Waals surface area (Å²) in [5.74, 6) is -1.99. The molecule has 1 aliphatic heterocycles. The number of anilines is 1. The number of barbiturate groups is 1. The van der Waals surface area contributed by atoms with Crippen LogP contribution in [-0.4, -0.2) is 31.2 Å². The summed E-state index contributed by atoms with van der Waals surface area (Å²) in [6.45, 7) is 0. The lowest BCUT2D eigenvalue weighted by molar-refractivity contribution is -0.131. The van der Waals surface area contributed by atoms with E-state index in [1.54, 1.807) is 30.3 Å². The molecule has 1 aliphatic rings. The molecule has 1 N–H and O–H groups in total. The molecule has 1 atom stereocenters. The van der Waals surface area contributed by atoms with E-state index in [1.165, 1.54) is 13.3 Å². The van der Waals surface area contributed by atoms with E-state index in [2.05, 4.69) is 10.3 Å². The van der Waals surface area contributed by atoms with Crippen LogP contribution >= 0.6 is 0 Å². The molecule has 0 saturated carbocycles. The first-order chi connectivity index (χ1) is 14.1. The van der Waals surface area contributed by atoms with Crippen molar-refractivity contribution in [2.24, 2.45) is 10.9 Å². The van der Waals surface area contributed by atoms with E-state index in [0.717, 1.165) is 15.7 Å². The summed E-state index contributed by atoms with van der Waals surface area (Å²) in [6, 6.07) is 18.9. The fourth-order valence-electron chi connectivity index (χ4n) is 3.17. The van der Waals surface area contributed by atoms with Gasteiger partial charge in [0.25, 0.3) is 5.91 Å². The number of rotatable bonds is 4. The van der Waals surface area contributed by atoms with Crippen LogP contribution in [0.2, 0.25) is 0 Å². The second-order valence-electron chi connectivity index (χ2n) is 6.42. The Balaban J connectivity index is 1.65. The highest BCUT2D eigenvalue weighted by atomic mass is 16.5. The number of benzene rings is 3. The molecule has 3 aromatic rings. The first-order valence-corrected chi connectivity index (χ1v) is 8.93. The molecule has 7 nitrogen and oxygen atoms in total. The number of imide groups is 2. The van der Waals surface area contributed by atoms with Crippen LogP contribution in [0.3, 0.4) is 0 Å². The zero-order valence-corrected chi connectivity index (χ0v) is 15.5. The molecule has 1 heterocycles. The van der Waals surface area contributed by atoms with Gasteiger partial charge in [0.15, 0.2) is 5.92 Å². The van der Waals surface area contributed by atoms with Gasteiger partial charge in [0.05, 0.1) is 18.5 Å². The molecule has 4 rings (SSSR count). The lowest BCUT2D eigenvalue weighted by atomic mass is 10.1. The summed E-state index contributed by atoms with van der Waals surface area (Å²) in [7, 11) is 1.52. The Bertz CT molecular complexity index is 1130. The number of nitrogens with one attached hydrogen (secondary N) is 1. The van der Waals surface area contributed by atoms with Gasteiger partial charge in [-0.3, -0.25) is 19.9 Å². The third-order valence-electron chi connectivity index (χ3n) is 4.66. The molecule has 0 radical (unpaired) electrons. The van der Waals surface area contributed by atoms with Crippen LogP contribution in [0.1, 0.15) is 0 Å². The van der Waals surface area contributed by atoms with Crippen molar-refractivity contribution in [2.45, 2.75) is 0 Å². The quantitative estimate of drug-likeness (QED) is 0.549. The summed E-state index contributed by atoms with van der Waals surface area (Å²) in [5.41, 5.74) is 0.973. The molecule has 1 fully saturated rings. The number of aliphatic imine (C=N–C) groups is 1. The minimum Gasteiger partial charge on any atom is -0.497 e. The van der Waals surface area contributed by atoms with Gasteiger partial charge in [-0.25, -0.2) is 9.69 Å². The Morgan fingerprint density at radius 1 is 0.966 bits per heavy atom. The average Bonchev–Trinajstić information content (AvgIpc) is 2.74. The molecule has 1 saturated heterocycles. The first-order valence-electron chi connectivity index (χ1n) is 8.93. The van der Waals surface area contributed by atoms with Crippen LogP contribution < -0.4 is 15.0 Å². The number of hydrogen-bond acceptors (Lipinski definition) is 5. The van der Waals surface area contributed by atoms with Crippen molar-refractivity contribution in [3.05, 3.63) is 66.7 Å². The number of ether oxygens (including phenoxy) is 1. The fourth-order valence-corrected chi connectivity index (χ4v) is 3.17. The molecule has 144 valence electrons. The molecule has 7 heteroatoms. The molecule has 4 amide bonds. The summed E-state index contributed by atoms with van der Waals surface area (Å²) in [4.78, 5) is 42.8. The maximum atomic E-state index is 12.9. The van der Waals surface area contributed by atoms with Crippen LogP contribution in [0.25, 0.3) is 10.8 Å². The average molecular weight is 387 g/mol. The van der Waals surface area contributed by atoms with E-state index in [0.29, 0.717) is 17.1 Å². The monoisotopic (exact) mass is 387 g/mol. The second-order valence-corrected chi connectivity index (χ2v) is 6.42.